The molecule has 5 nitrogen and oxygen atoms in total. The van der Waals surface area contributed by atoms with Gasteiger partial charge < -0.3 is 5.32 Å². The third-order valence-corrected chi connectivity index (χ3v) is 5.75. The van der Waals surface area contributed by atoms with Gasteiger partial charge in [-0.3, -0.25) is 4.98 Å². The lowest BCUT2D eigenvalue weighted by Gasteiger charge is -2.12. The Morgan fingerprint density at radius 2 is 2.23 bits per heavy atom. The standard InChI is InChI=1S/C16H21N3O2S/c1-12-4-5-15(14-3-2-8-18-16(12)14)22(20,21)19-10-7-13-6-9-17-11-13/h2-5,8,13,17,19H,6-7,9-11H2,1H3. The number of nitrogens with one attached hydrogen (secondary N) is 2. The lowest BCUT2D eigenvalue weighted by Crippen LogP contribution is -2.27. The van der Waals surface area contributed by atoms with E-state index in [1.54, 1.807) is 18.3 Å². The van der Waals surface area contributed by atoms with E-state index in [0.29, 0.717) is 22.7 Å². The van der Waals surface area contributed by atoms with Gasteiger partial charge in [0.25, 0.3) is 0 Å². The van der Waals surface area contributed by atoms with Crippen molar-refractivity contribution in [1.82, 2.24) is 15.0 Å². The maximum absolute atomic E-state index is 12.6. The molecule has 0 saturated carbocycles. The van der Waals surface area contributed by atoms with Crippen molar-refractivity contribution in [3.05, 3.63) is 36.0 Å². The number of benzene rings is 1. The summed E-state index contributed by atoms with van der Waals surface area (Å²) in [4.78, 5) is 4.61. The highest BCUT2D eigenvalue weighted by molar-refractivity contribution is 7.89. The molecule has 1 fully saturated rings. The van der Waals surface area contributed by atoms with E-state index in [0.717, 1.165) is 37.0 Å². The molecule has 1 atom stereocenters. The summed E-state index contributed by atoms with van der Waals surface area (Å²) in [5, 5.41) is 3.97. The fourth-order valence-electron chi connectivity index (χ4n) is 2.96. The Kier molecular flexibility index (Phi) is 4.42. The largest absolute Gasteiger partial charge is 0.316 e. The highest BCUT2D eigenvalue weighted by Gasteiger charge is 2.20. The van der Waals surface area contributed by atoms with Crippen molar-refractivity contribution in [2.75, 3.05) is 19.6 Å². The van der Waals surface area contributed by atoms with Crippen molar-refractivity contribution in [2.24, 2.45) is 5.92 Å². The third-order valence-electron chi connectivity index (χ3n) is 4.23. The number of hydrogen-bond acceptors (Lipinski definition) is 4. The Morgan fingerprint density at radius 3 is 3.00 bits per heavy atom. The molecule has 2 N–H and O–H groups in total. The Balaban J connectivity index is 1.81. The molecular formula is C16H21N3O2S. The predicted octanol–water partition coefficient (Wildman–Crippen LogP) is 1.82. The van der Waals surface area contributed by atoms with Crippen LogP contribution in [0.4, 0.5) is 0 Å². The smallest absolute Gasteiger partial charge is 0.241 e. The second kappa shape index (κ2) is 6.32. The Labute approximate surface area is 131 Å². The molecule has 1 aliphatic rings. The van der Waals surface area contributed by atoms with Gasteiger partial charge in [0.05, 0.1) is 10.4 Å². The van der Waals surface area contributed by atoms with Crippen molar-refractivity contribution in [2.45, 2.75) is 24.7 Å². The molecule has 0 aliphatic carbocycles. The number of sulfonamides is 1. The first-order chi connectivity index (χ1) is 10.6. The van der Waals surface area contributed by atoms with E-state index in [9.17, 15) is 8.42 Å². The monoisotopic (exact) mass is 319 g/mol. The molecule has 2 aromatic rings. The minimum absolute atomic E-state index is 0.311. The van der Waals surface area contributed by atoms with E-state index in [1.807, 2.05) is 19.1 Å². The number of fused-ring (bicyclic) bond motifs is 1. The molecule has 1 aliphatic heterocycles. The molecule has 1 aromatic heterocycles. The van der Waals surface area contributed by atoms with Crippen molar-refractivity contribution in [3.8, 4) is 0 Å². The van der Waals surface area contributed by atoms with Crippen LogP contribution < -0.4 is 10.0 Å². The molecule has 0 radical (unpaired) electrons. The van der Waals surface area contributed by atoms with Gasteiger partial charge in [-0.15, -0.1) is 0 Å². The fourth-order valence-corrected chi connectivity index (χ4v) is 4.20. The van der Waals surface area contributed by atoms with Crippen LogP contribution in [0.25, 0.3) is 10.9 Å². The van der Waals surface area contributed by atoms with Crippen LogP contribution in [0.5, 0.6) is 0 Å². The molecule has 2 heterocycles. The molecule has 118 valence electrons. The highest BCUT2D eigenvalue weighted by Crippen LogP contribution is 2.24. The van der Waals surface area contributed by atoms with E-state index in [2.05, 4.69) is 15.0 Å². The minimum Gasteiger partial charge on any atom is -0.316 e. The average Bonchev–Trinajstić information content (AvgIpc) is 3.01. The summed E-state index contributed by atoms with van der Waals surface area (Å²) in [7, 11) is -3.51. The van der Waals surface area contributed by atoms with E-state index >= 15 is 0 Å². The van der Waals surface area contributed by atoms with Gasteiger partial charge in [-0.25, -0.2) is 13.1 Å². The van der Waals surface area contributed by atoms with Crippen molar-refractivity contribution < 1.29 is 8.42 Å². The first-order valence-electron chi connectivity index (χ1n) is 7.62. The second-order valence-electron chi connectivity index (χ2n) is 5.83. The zero-order valence-electron chi connectivity index (χ0n) is 12.7. The van der Waals surface area contributed by atoms with Crippen LogP contribution in [0.3, 0.4) is 0 Å². The number of pyridine rings is 1. The average molecular weight is 319 g/mol. The molecule has 3 rings (SSSR count). The van der Waals surface area contributed by atoms with Crippen LogP contribution >= 0.6 is 0 Å². The molecule has 1 saturated heterocycles. The van der Waals surface area contributed by atoms with Gasteiger partial charge in [0.2, 0.25) is 10.0 Å². The van der Waals surface area contributed by atoms with Crippen LogP contribution in [0, 0.1) is 12.8 Å². The van der Waals surface area contributed by atoms with E-state index in [-0.39, 0.29) is 0 Å². The second-order valence-corrected chi connectivity index (χ2v) is 7.56. The maximum atomic E-state index is 12.6. The van der Waals surface area contributed by atoms with E-state index in [4.69, 9.17) is 0 Å². The SMILES string of the molecule is Cc1ccc(S(=O)(=O)NCCC2CCNC2)c2cccnc12. The number of hydrogen-bond donors (Lipinski definition) is 2. The van der Waals surface area contributed by atoms with Crippen LogP contribution in [-0.2, 0) is 10.0 Å². The first kappa shape index (κ1) is 15.4. The molecule has 0 amide bonds. The molecule has 6 heteroatoms. The zero-order valence-corrected chi connectivity index (χ0v) is 13.5. The summed E-state index contributed by atoms with van der Waals surface area (Å²) in [5.41, 5.74) is 1.72. The molecular weight excluding hydrogens is 298 g/mol. The zero-order chi connectivity index (χ0) is 15.6. The molecule has 0 bridgehead atoms. The van der Waals surface area contributed by atoms with Crippen molar-refractivity contribution >= 4 is 20.9 Å². The Morgan fingerprint density at radius 1 is 1.36 bits per heavy atom. The first-order valence-corrected chi connectivity index (χ1v) is 9.11. The lowest BCUT2D eigenvalue weighted by molar-refractivity contribution is 0.519. The Hall–Kier alpha value is -1.50. The molecule has 1 unspecified atom stereocenters. The normalized spacial score (nSPS) is 18.9. The quantitative estimate of drug-likeness (QED) is 0.882. The molecule has 0 spiro atoms. The van der Waals surface area contributed by atoms with Gasteiger partial charge in [-0.1, -0.05) is 6.07 Å². The highest BCUT2D eigenvalue weighted by atomic mass is 32.2. The van der Waals surface area contributed by atoms with Gasteiger partial charge >= 0.3 is 0 Å². The van der Waals surface area contributed by atoms with Crippen LogP contribution in [0.1, 0.15) is 18.4 Å². The van der Waals surface area contributed by atoms with Crippen molar-refractivity contribution in [3.63, 3.8) is 0 Å². The topological polar surface area (TPSA) is 71.1 Å². The minimum atomic E-state index is -3.51. The van der Waals surface area contributed by atoms with Crippen LogP contribution in [0.15, 0.2) is 35.4 Å². The maximum Gasteiger partial charge on any atom is 0.241 e. The number of rotatable bonds is 5. The Bertz CT molecular complexity index is 768. The predicted molar refractivity (Wildman–Crippen MR) is 87.3 cm³/mol. The van der Waals surface area contributed by atoms with Gasteiger partial charge in [-0.05, 0) is 62.5 Å². The van der Waals surface area contributed by atoms with Gasteiger partial charge in [0, 0.05) is 18.1 Å². The van der Waals surface area contributed by atoms with Crippen molar-refractivity contribution in [1.29, 1.82) is 0 Å². The summed E-state index contributed by atoms with van der Waals surface area (Å²) >= 11 is 0. The molecule has 1 aromatic carbocycles. The molecule has 22 heavy (non-hydrogen) atoms. The summed E-state index contributed by atoms with van der Waals surface area (Å²) in [6, 6.07) is 7.05. The van der Waals surface area contributed by atoms with Gasteiger partial charge in [0.1, 0.15) is 0 Å². The van der Waals surface area contributed by atoms with E-state index < -0.39 is 10.0 Å². The van der Waals surface area contributed by atoms with Gasteiger partial charge in [-0.2, -0.15) is 0 Å². The van der Waals surface area contributed by atoms with Crippen LogP contribution in [0.2, 0.25) is 0 Å². The van der Waals surface area contributed by atoms with Gasteiger partial charge in [0.15, 0.2) is 0 Å². The summed E-state index contributed by atoms with van der Waals surface area (Å²) < 4.78 is 27.9. The lowest BCUT2D eigenvalue weighted by atomic mass is 10.1. The fraction of sp³-hybridized carbons (Fsp3) is 0.438. The third kappa shape index (κ3) is 3.14. The number of nitrogens with zero attached hydrogens (tertiary/aromatic N) is 1. The van der Waals surface area contributed by atoms with Crippen LogP contribution in [-0.4, -0.2) is 33.0 Å². The summed E-state index contributed by atoms with van der Waals surface area (Å²) in [5.74, 6) is 0.569. The number of aromatic nitrogens is 1. The number of aryl methyl sites for hydroxylation is 1. The van der Waals surface area contributed by atoms with E-state index in [1.165, 1.54) is 0 Å². The summed E-state index contributed by atoms with van der Waals surface area (Å²) in [6.07, 6.45) is 3.68. The summed E-state index contributed by atoms with van der Waals surface area (Å²) in [6.45, 7) is 4.43.